The van der Waals surface area contributed by atoms with Gasteiger partial charge in [-0.1, -0.05) is 26.0 Å². The Kier molecular flexibility index (Phi) is 4.46. The van der Waals surface area contributed by atoms with Crippen LogP contribution in [-0.2, 0) is 0 Å². The second kappa shape index (κ2) is 6.12. The van der Waals surface area contributed by atoms with Gasteiger partial charge in [0.2, 0.25) is 0 Å². The van der Waals surface area contributed by atoms with Crippen molar-refractivity contribution in [3.63, 3.8) is 0 Å². The molecule has 0 aliphatic heterocycles. The van der Waals surface area contributed by atoms with E-state index in [-0.39, 0.29) is 5.91 Å². The van der Waals surface area contributed by atoms with Crippen molar-refractivity contribution in [2.75, 3.05) is 7.11 Å². The Labute approximate surface area is 125 Å². The summed E-state index contributed by atoms with van der Waals surface area (Å²) in [6, 6.07) is 7.23. The molecule has 0 aliphatic carbocycles. The quantitative estimate of drug-likeness (QED) is 0.860. The van der Waals surface area contributed by atoms with Gasteiger partial charge in [0.15, 0.2) is 0 Å². The van der Waals surface area contributed by atoms with Gasteiger partial charge in [0.1, 0.15) is 5.75 Å². The SMILES string of the molecule is CCC(C)c1c(C)nn(C(=O)c2ccccc2OC)c1C. The van der Waals surface area contributed by atoms with E-state index in [1.165, 1.54) is 10.2 Å². The summed E-state index contributed by atoms with van der Waals surface area (Å²) in [6.45, 7) is 8.22. The van der Waals surface area contributed by atoms with E-state index in [2.05, 4.69) is 18.9 Å². The molecule has 21 heavy (non-hydrogen) atoms. The molecule has 0 saturated heterocycles. The lowest BCUT2D eigenvalue weighted by Gasteiger charge is -2.10. The number of carbonyl (C=O) groups excluding carboxylic acids is 1. The standard InChI is InChI=1S/C17H22N2O2/c1-6-11(2)16-12(3)18-19(13(16)4)17(20)14-9-7-8-10-15(14)21-5/h7-11H,6H2,1-5H3. The predicted octanol–water partition coefficient (Wildman–Crippen LogP) is 3.71. The van der Waals surface area contributed by atoms with Crippen molar-refractivity contribution in [2.45, 2.75) is 40.0 Å². The molecule has 0 radical (unpaired) electrons. The second-order valence-electron chi connectivity index (χ2n) is 5.31. The number of nitrogens with zero attached hydrogens (tertiary/aromatic N) is 2. The van der Waals surface area contributed by atoms with Crippen LogP contribution in [-0.4, -0.2) is 22.8 Å². The maximum absolute atomic E-state index is 12.7. The first kappa shape index (κ1) is 15.3. The Morgan fingerprint density at radius 3 is 2.62 bits per heavy atom. The number of hydrogen-bond donors (Lipinski definition) is 0. The van der Waals surface area contributed by atoms with Gasteiger partial charge < -0.3 is 4.74 Å². The number of ether oxygens (including phenoxy) is 1. The number of rotatable bonds is 4. The molecule has 0 saturated carbocycles. The van der Waals surface area contributed by atoms with Crippen LogP contribution in [0.4, 0.5) is 0 Å². The van der Waals surface area contributed by atoms with Crippen LogP contribution in [0.2, 0.25) is 0 Å². The van der Waals surface area contributed by atoms with Crippen LogP contribution in [0, 0.1) is 13.8 Å². The summed E-state index contributed by atoms with van der Waals surface area (Å²) < 4.78 is 6.77. The molecule has 4 heteroatoms. The first-order chi connectivity index (χ1) is 10.0. The van der Waals surface area contributed by atoms with Crippen LogP contribution < -0.4 is 4.74 Å². The molecule has 4 nitrogen and oxygen atoms in total. The zero-order valence-corrected chi connectivity index (χ0v) is 13.3. The summed E-state index contributed by atoms with van der Waals surface area (Å²) in [5.41, 5.74) is 3.53. The third kappa shape index (κ3) is 2.71. The van der Waals surface area contributed by atoms with Gasteiger partial charge in [-0.3, -0.25) is 4.79 Å². The van der Waals surface area contributed by atoms with Gasteiger partial charge >= 0.3 is 0 Å². The van der Waals surface area contributed by atoms with Crippen molar-refractivity contribution in [1.29, 1.82) is 0 Å². The van der Waals surface area contributed by atoms with Crippen molar-refractivity contribution in [1.82, 2.24) is 9.78 Å². The largest absolute Gasteiger partial charge is 0.496 e. The molecule has 0 fully saturated rings. The maximum atomic E-state index is 12.7. The summed E-state index contributed by atoms with van der Waals surface area (Å²) in [5.74, 6) is 0.812. The monoisotopic (exact) mass is 286 g/mol. The van der Waals surface area contributed by atoms with E-state index in [9.17, 15) is 4.79 Å². The number of methoxy groups -OCH3 is 1. The van der Waals surface area contributed by atoms with Crippen LogP contribution in [0.25, 0.3) is 0 Å². The number of hydrogen-bond acceptors (Lipinski definition) is 3. The van der Waals surface area contributed by atoms with Crippen LogP contribution in [0.5, 0.6) is 5.75 Å². The molecule has 0 bridgehead atoms. The normalized spacial score (nSPS) is 12.2. The van der Waals surface area contributed by atoms with Gasteiger partial charge in [0.05, 0.1) is 18.4 Å². The third-order valence-corrected chi connectivity index (χ3v) is 3.98. The van der Waals surface area contributed by atoms with Crippen molar-refractivity contribution in [3.8, 4) is 5.75 Å². The van der Waals surface area contributed by atoms with Gasteiger partial charge in [0, 0.05) is 5.69 Å². The zero-order chi connectivity index (χ0) is 15.6. The minimum Gasteiger partial charge on any atom is -0.496 e. The molecule has 1 atom stereocenters. The van der Waals surface area contributed by atoms with E-state index in [0.717, 1.165) is 17.8 Å². The topological polar surface area (TPSA) is 44.1 Å². The van der Waals surface area contributed by atoms with Crippen molar-refractivity contribution in [3.05, 3.63) is 46.8 Å². The fraction of sp³-hybridized carbons (Fsp3) is 0.412. The molecule has 112 valence electrons. The Hall–Kier alpha value is -2.10. The van der Waals surface area contributed by atoms with E-state index in [4.69, 9.17) is 4.74 Å². The van der Waals surface area contributed by atoms with Crippen molar-refractivity contribution in [2.24, 2.45) is 0 Å². The molecule has 0 spiro atoms. The third-order valence-electron chi connectivity index (χ3n) is 3.98. The highest BCUT2D eigenvalue weighted by molar-refractivity contribution is 5.98. The van der Waals surface area contributed by atoms with Gasteiger partial charge in [0.25, 0.3) is 5.91 Å². The van der Waals surface area contributed by atoms with Crippen molar-refractivity contribution >= 4 is 5.91 Å². The summed E-state index contributed by atoms with van der Waals surface area (Å²) in [5, 5.41) is 4.44. The molecule has 2 rings (SSSR count). The van der Waals surface area contributed by atoms with Gasteiger partial charge in [-0.05, 0) is 43.9 Å². The van der Waals surface area contributed by atoms with Gasteiger partial charge in [-0.2, -0.15) is 5.10 Å². The summed E-state index contributed by atoms with van der Waals surface area (Å²) in [4.78, 5) is 12.7. The van der Waals surface area contributed by atoms with Gasteiger partial charge in [-0.25, -0.2) is 4.68 Å². The van der Waals surface area contributed by atoms with Crippen LogP contribution in [0.3, 0.4) is 0 Å². The van der Waals surface area contributed by atoms with E-state index >= 15 is 0 Å². The highest BCUT2D eigenvalue weighted by Gasteiger charge is 2.22. The average molecular weight is 286 g/mol. The zero-order valence-electron chi connectivity index (χ0n) is 13.3. The molecular weight excluding hydrogens is 264 g/mol. The Morgan fingerprint density at radius 2 is 2.00 bits per heavy atom. The molecule has 2 aromatic rings. The fourth-order valence-electron chi connectivity index (χ4n) is 2.71. The van der Waals surface area contributed by atoms with Crippen LogP contribution in [0.15, 0.2) is 24.3 Å². The summed E-state index contributed by atoms with van der Waals surface area (Å²) >= 11 is 0. The number of carbonyl (C=O) groups is 1. The highest BCUT2D eigenvalue weighted by atomic mass is 16.5. The van der Waals surface area contributed by atoms with E-state index in [1.54, 1.807) is 19.2 Å². The smallest absolute Gasteiger partial charge is 0.282 e. The van der Waals surface area contributed by atoms with E-state index < -0.39 is 0 Å². The molecule has 0 amide bonds. The number of benzene rings is 1. The lowest BCUT2D eigenvalue weighted by atomic mass is 9.97. The molecule has 1 unspecified atom stereocenters. The van der Waals surface area contributed by atoms with Crippen LogP contribution in [0.1, 0.15) is 53.5 Å². The molecule has 1 aromatic heterocycles. The molecule has 1 heterocycles. The summed E-state index contributed by atoms with van der Waals surface area (Å²) in [6.07, 6.45) is 1.02. The second-order valence-corrected chi connectivity index (χ2v) is 5.31. The van der Waals surface area contributed by atoms with E-state index in [1.807, 2.05) is 26.0 Å². The molecule has 0 aliphatic rings. The number of aryl methyl sites for hydroxylation is 1. The minimum atomic E-state index is -0.150. The molecular formula is C17H22N2O2. The lowest BCUT2D eigenvalue weighted by molar-refractivity contribution is 0.0939. The Balaban J connectivity index is 2.50. The number of aromatic nitrogens is 2. The highest BCUT2D eigenvalue weighted by Crippen LogP contribution is 2.27. The van der Waals surface area contributed by atoms with E-state index in [0.29, 0.717) is 17.2 Å². The Bertz CT molecular complexity index is 659. The summed E-state index contributed by atoms with van der Waals surface area (Å²) in [7, 11) is 1.57. The first-order valence-electron chi connectivity index (χ1n) is 7.25. The Morgan fingerprint density at radius 1 is 1.33 bits per heavy atom. The van der Waals surface area contributed by atoms with Gasteiger partial charge in [-0.15, -0.1) is 0 Å². The molecule has 0 N–H and O–H groups in total. The maximum Gasteiger partial charge on any atom is 0.282 e. The van der Waals surface area contributed by atoms with Crippen LogP contribution >= 0.6 is 0 Å². The average Bonchev–Trinajstić information content (AvgIpc) is 2.80. The predicted molar refractivity (Wildman–Crippen MR) is 83.1 cm³/mol. The minimum absolute atomic E-state index is 0.150. The lowest BCUT2D eigenvalue weighted by Crippen LogP contribution is -2.16. The molecule has 1 aromatic carbocycles. The fourth-order valence-corrected chi connectivity index (χ4v) is 2.71. The first-order valence-corrected chi connectivity index (χ1v) is 7.25. The number of para-hydroxylation sites is 1. The van der Waals surface area contributed by atoms with Crippen molar-refractivity contribution < 1.29 is 9.53 Å².